The summed E-state index contributed by atoms with van der Waals surface area (Å²) in [6.07, 6.45) is 4.56. The molecule has 2 unspecified atom stereocenters. The molecule has 0 aromatic carbocycles. The van der Waals surface area contributed by atoms with Gasteiger partial charge in [0.2, 0.25) is 0 Å². The predicted octanol–water partition coefficient (Wildman–Crippen LogP) is 1.75. The first kappa shape index (κ1) is 11.5. The fraction of sp³-hybridized carbons (Fsp3) is 0.818. The summed E-state index contributed by atoms with van der Waals surface area (Å²) in [5.74, 6) is 0.397. The molecule has 0 saturated carbocycles. The van der Waals surface area contributed by atoms with Gasteiger partial charge in [0.15, 0.2) is 0 Å². The van der Waals surface area contributed by atoms with Crippen LogP contribution in [0.2, 0.25) is 0 Å². The zero-order valence-electron chi connectivity index (χ0n) is 8.69. The highest BCUT2D eigenvalue weighted by molar-refractivity contribution is 5.03. The summed E-state index contributed by atoms with van der Waals surface area (Å²) in [7, 11) is 0. The lowest BCUT2D eigenvalue weighted by Gasteiger charge is -2.25. The van der Waals surface area contributed by atoms with Crippen LogP contribution in [0.25, 0.3) is 0 Å². The first-order valence-electron chi connectivity index (χ1n) is 5.38. The SMILES string of the molecule is CCC[C@H](O)CC1CC=C(O)C(O)C1. The second-order valence-electron chi connectivity index (χ2n) is 4.16. The van der Waals surface area contributed by atoms with E-state index in [1.165, 1.54) is 0 Å². The summed E-state index contributed by atoms with van der Waals surface area (Å²) in [6, 6.07) is 0. The Hall–Kier alpha value is -0.540. The van der Waals surface area contributed by atoms with Gasteiger partial charge >= 0.3 is 0 Å². The third kappa shape index (κ3) is 3.31. The highest BCUT2D eigenvalue weighted by Crippen LogP contribution is 2.27. The Morgan fingerprint density at radius 3 is 2.86 bits per heavy atom. The highest BCUT2D eigenvalue weighted by Gasteiger charge is 2.23. The summed E-state index contributed by atoms with van der Waals surface area (Å²) in [4.78, 5) is 0. The van der Waals surface area contributed by atoms with E-state index < -0.39 is 6.10 Å². The fourth-order valence-electron chi connectivity index (χ4n) is 1.98. The largest absolute Gasteiger partial charge is 0.510 e. The molecule has 3 nitrogen and oxygen atoms in total. The van der Waals surface area contributed by atoms with Gasteiger partial charge in [-0.2, -0.15) is 0 Å². The van der Waals surface area contributed by atoms with Crippen LogP contribution >= 0.6 is 0 Å². The Labute approximate surface area is 85.1 Å². The van der Waals surface area contributed by atoms with Gasteiger partial charge in [-0.25, -0.2) is 0 Å². The molecule has 0 fully saturated rings. The molecule has 0 spiro atoms. The molecule has 0 radical (unpaired) electrons. The molecule has 0 bridgehead atoms. The molecular formula is C11H20O3. The van der Waals surface area contributed by atoms with Gasteiger partial charge in [0, 0.05) is 0 Å². The molecule has 0 heterocycles. The molecule has 1 aliphatic carbocycles. The number of allylic oxidation sites excluding steroid dienone is 1. The maximum atomic E-state index is 9.59. The Morgan fingerprint density at radius 2 is 2.29 bits per heavy atom. The smallest absolute Gasteiger partial charge is 0.117 e. The maximum Gasteiger partial charge on any atom is 0.117 e. The molecule has 0 aromatic rings. The molecule has 1 rings (SSSR count). The molecule has 0 saturated heterocycles. The van der Waals surface area contributed by atoms with Crippen molar-refractivity contribution in [3.63, 3.8) is 0 Å². The first-order chi connectivity index (χ1) is 6.63. The van der Waals surface area contributed by atoms with E-state index in [9.17, 15) is 15.3 Å². The standard InChI is InChI=1S/C11H20O3/c1-2-3-9(12)6-8-4-5-10(13)11(14)7-8/h5,8-9,11-14H,2-4,6-7H2,1H3/t8?,9-,11?/m0/s1. The van der Waals surface area contributed by atoms with Gasteiger partial charge < -0.3 is 15.3 Å². The van der Waals surface area contributed by atoms with Crippen molar-refractivity contribution in [2.75, 3.05) is 0 Å². The van der Waals surface area contributed by atoms with E-state index in [1.807, 2.05) is 6.92 Å². The molecule has 3 heteroatoms. The monoisotopic (exact) mass is 200 g/mol. The summed E-state index contributed by atoms with van der Waals surface area (Å²) in [5.41, 5.74) is 0. The maximum absolute atomic E-state index is 9.59. The van der Waals surface area contributed by atoms with E-state index in [0.717, 1.165) is 25.7 Å². The minimum atomic E-state index is -0.720. The van der Waals surface area contributed by atoms with Crippen molar-refractivity contribution in [1.29, 1.82) is 0 Å². The first-order valence-corrected chi connectivity index (χ1v) is 5.38. The van der Waals surface area contributed by atoms with Crippen LogP contribution in [-0.4, -0.2) is 27.5 Å². The minimum Gasteiger partial charge on any atom is -0.510 e. The van der Waals surface area contributed by atoms with Crippen LogP contribution in [0.4, 0.5) is 0 Å². The average molecular weight is 200 g/mol. The van der Waals surface area contributed by atoms with Crippen LogP contribution in [0.5, 0.6) is 0 Å². The number of aliphatic hydroxyl groups excluding tert-OH is 3. The van der Waals surface area contributed by atoms with Crippen LogP contribution in [0, 0.1) is 5.92 Å². The van der Waals surface area contributed by atoms with Gasteiger partial charge in [-0.1, -0.05) is 13.3 Å². The number of aliphatic hydroxyl groups is 3. The van der Waals surface area contributed by atoms with Crippen molar-refractivity contribution >= 4 is 0 Å². The molecule has 82 valence electrons. The third-order valence-electron chi connectivity index (χ3n) is 2.79. The van der Waals surface area contributed by atoms with Crippen molar-refractivity contribution in [2.24, 2.45) is 5.92 Å². The molecule has 3 N–H and O–H groups in total. The summed E-state index contributed by atoms with van der Waals surface area (Å²) in [5, 5.41) is 28.2. The quantitative estimate of drug-likeness (QED) is 0.648. The fourth-order valence-corrected chi connectivity index (χ4v) is 1.98. The predicted molar refractivity (Wildman–Crippen MR) is 55.0 cm³/mol. The Balaban J connectivity index is 2.34. The van der Waals surface area contributed by atoms with Gasteiger partial charge in [-0.15, -0.1) is 0 Å². The van der Waals surface area contributed by atoms with Gasteiger partial charge in [-0.3, -0.25) is 0 Å². The van der Waals surface area contributed by atoms with Crippen molar-refractivity contribution < 1.29 is 15.3 Å². The lowest BCUT2D eigenvalue weighted by molar-refractivity contribution is 0.0831. The Kier molecular flexibility index (Phi) is 4.42. The van der Waals surface area contributed by atoms with Crippen LogP contribution in [0.3, 0.4) is 0 Å². The zero-order chi connectivity index (χ0) is 10.6. The third-order valence-corrected chi connectivity index (χ3v) is 2.79. The Bertz CT molecular complexity index is 201. The summed E-state index contributed by atoms with van der Waals surface area (Å²) in [6.45, 7) is 2.05. The second-order valence-corrected chi connectivity index (χ2v) is 4.16. The van der Waals surface area contributed by atoms with Crippen LogP contribution in [0.15, 0.2) is 11.8 Å². The molecule has 3 atom stereocenters. The van der Waals surface area contributed by atoms with E-state index in [2.05, 4.69) is 0 Å². The van der Waals surface area contributed by atoms with E-state index in [0.29, 0.717) is 12.3 Å². The normalized spacial score (nSPS) is 29.8. The van der Waals surface area contributed by atoms with Crippen molar-refractivity contribution in [2.45, 2.75) is 51.2 Å². The van der Waals surface area contributed by atoms with Gasteiger partial charge in [0.05, 0.1) is 6.10 Å². The summed E-state index contributed by atoms with van der Waals surface area (Å²) < 4.78 is 0. The number of hydrogen-bond donors (Lipinski definition) is 3. The van der Waals surface area contributed by atoms with Crippen molar-refractivity contribution in [3.8, 4) is 0 Å². The minimum absolute atomic E-state index is 0.0891. The molecular weight excluding hydrogens is 180 g/mol. The average Bonchev–Trinajstić information content (AvgIpc) is 2.12. The van der Waals surface area contributed by atoms with Gasteiger partial charge in [0.25, 0.3) is 0 Å². The van der Waals surface area contributed by atoms with Crippen molar-refractivity contribution in [3.05, 3.63) is 11.8 Å². The molecule has 0 amide bonds. The van der Waals surface area contributed by atoms with E-state index >= 15 is 0 Å². The second kappa shape index (κ2) is 5.37. The van der Waals surface area contributed by atoms with E-state index in [1.54, 1.807) is 6.08 Å². The molecule has 0 aliphatic heterocycles. The van der Waals surface area contributed by atoms with Crippen LogP contribution in [-0.2, 0) is 0 Å². The van der Waals surface area contributed by atoms with Crippen molar-refractivity contribution in [1.82, 2.24) is 0 Å². The van der Waals surface area contributed by atoms with Gasteiger partial charge in [0.1, 0.15) is 11.9 Å². The van der Waals surface area contributed by atoms with Crippen LogP contribution in [0.1, 0.15) is 39.0 Å². The molecule has 14 heavy (non-hydrogen) atoms. The van der Waals surface area contributed by atoms with Crippen LogP contribution < -0.4 is 0 Å². The molecule has 1 aliphatic rings. The lowest BCUT2D eigenvalue weighted by Crippen LogP contribution is -2.23. The highest BCUT2D eigenvalue weighted by atomic mass is 16.3. The van der Waals surface area contributed by atoms with E-state index in [4.69, 9.17) is 0 Å². The topological polar surface area (TPSA) is 60.7 Å². The summed E-state index contributed by atoms with van der Waals surface area (Å²) >= 11 is 0. The molecule has 0 aromatic heterocycles. The van der Waals surface area contributed by atoms with E-state index in [-0.39, 0.29) is 11.9 Å². The van der Waals surface area contributed by atoms with Gasteiger partial charge in [-0.05, 0) is 37.7 Å². The number of rotatable bonds is 4. The lowest BCUT2D eigenvalue weighted by atomic mass is 9.86. The zero-order valence-corrected chi connectivity index (χ0v) is 8.69. The Morgan fingerprint density at radius 1 is 1.57 bits per heavy atom. The number of hydrogen-bond acceptors (Lipinski definition) is 3.